The fourth-order valence-corrected chi connectivity index (χ4v) is 1.46. The first-order chi connectivity index (χ1) is 9.01. The molecule has 0 spiro atoms. The van der Waals surface area contributed by atoms with Crippen molar-refractivity contribution in [2.45, 2.75) is 0 Å². The van der Waals surface area contributed by atoms with E-state index >= 15 is 0 Å². The van der Waals surface area contributed by atoms with E-state index in [2.05, 4.69) is 20.6 Å². The fourth-order valence-electron chi connectivity index (χ4n) is 1.32. The molecule has 2 aromatic rings. The third-order valence-electron chi connectivity index (χ3n) is 2.23. The van der Waals surface area contributed by atoms with Gasteiger partial charge in [0.05, 0.1) is 11.9 Å². The Hall–Kier alpha value is -2.02. The van der Waals surface area contributed by atoms with E-state index in [0.29, 0.717) is 12.1 Å². The van der Waals surface area contributed by atoms with Crippen molar-refractivity contribution in [3.63, 3.8) is 0 Å². The van der Waals surface area contributed by atoms with Gasteiger partial charge in [0.1, 0.15) is 10.8 Å². The third kappa shape index (κ3) is 2.87. The summed E-state index contributed by atoms with van der Waals surface area (Å²) in [5.74, 6) is -3.09. The van der Waals surface area contributed by atoms with Crippen LogP contribution in [-0.2, 0) is 0 Å². The quantitative estimate of drug-likeness (QED) is 0.851. The van der Waals surface area contributed by atoms with Gasteiger partial charge < -0.3 is 10.6 Å². The number of halogens is 4. The summed E-state index contributed by atoms with van der Waals surface area (Å²) in [6.45, 7) is 0. The summed E-state index contributed by atoms with van der Waals surface area (Å²) in [6, 6.07) is 1.12. The molecule has 1 aromatic carbocycles. The van der Waals surface area contributed by atoms with Crippen LogP contribution in [0.1, 0.15) is 0 Å². The third-order valence-corrected chi connectivity index (χ3v) is 2.51. The molecule has 0 aliphatic heterocycles. The van der Waals surface area contributed by atoms with Crippen LogP contribution in [0, 0.1) is 17.5 Å². The molecule has 2 rings (SSSR count). The van der Waals surface area contributed by atoms with Gasteiger partial charge in [0.15, 0.2) is 17.5 Å². The highest BCUT2D eigenvalue weighted by molar-refractivity contribution is 6.32. The van der Waals surface area contributed by atoms with Crippen molar-refractivity contribution < 1.29 is 13.2 Å². The Bertz CT molecular complexity index is 621. The zero-order valence-electron chi connectivity index (χ0n) is 9.64. The lowest BCUT2D eigenvalue weighted by molar-refractivity contribution is 0.496. The molecule has 0 saturated carbocycles. The van der Waals surface area contributed by atoms with Crippen molar-refractivity contribution >= 4 is 29.1 Å². The number of nitrogens with one attached hydrogen (secondary N) is 2. The summed E-state index contributed by atoms with van der Waals surface area (Å²) in [7, 11) is 1.59. The molecule has 0 radical (unpaired) electrons. The SMILES string of the molecule is CNc1ncc(Cl)c(Nc2cc(F)c(F)cc2F)n1. The second-order valence-electron chi connectivity index (χ2n) is 3.51. The molecule has 0 saturated heterocycles. The van der Waals surface area contributed by atoms with Gasteiger partial charge in [0, 0.05) is 19.2 Å². The second-order valence-corrected chi connectivity index (χ2v) is 3.92. The first-order valence-corrected chi connectivity index (χ1v) is 5.51. The molecule has 0 aliphatic rings. The maximum absolute atomic E-state index is 13.5. The maximum Gasteiger partial charge on any atom is 0.224 e. The van der Waals surface area contributed by atoms with Crippen molar-refractivity contribution in [1.29, 1.82) is 0 Å². The molecule has 0 atom stereocenters. The number of benzene rings is 1. The Kier molecular flexibility index (Phi) is 3.75. The second kappa shape index (κ2) is 5.31. The first kappa shape index (κ1) is 13.4. The lowest BCUT2D eigenvalue weighted by Crippen LogP contribution is -2.03. The van der Waals surface area contributed by atoms with E-state index in [-0.39, 0.29) is 22.5 Å². The number of nitrogens with zero attached hydrogens (tertiary/aromatic N) is 2. The topological polar surface area (TPSA) is 49.8 Å². The molecule has 4 nitrogen and oxygen atoms in total. The van der Waals surface area contributed by atoms with Crippen LogP contribution in [-0.4, -0.2) is 17.0 Å². The van der Waals surface area contributed by atoms with Gasteiger partial charge in [0.2, 0.25) is 5.95 Å². The molecule has 0 bridgehead atoms. The molecule has 1 aromatic heterocycles. The van der Waals surface area contributed by atoms with E-state index in [0.717, 1.165) is 0 Å². The predicted octanol–water partition coefficient (Wildman–Crippen LogP) is 3.33. The monoisotopic (exact) mass is 288 g/mol. The van der Waals surface area contributed by atoms with Crippen molar-refractivity contribution in [2.75, 3.05) is 17.7 Å². The summed E-state index contributed by atoms with van der Waals surface area (Å²) in [5, 5.41) is 5.26. The number of hydrogen-bond acceptors (Lipinski definition) is 4. The van der Waals surface area contributed by atoms with Crippen LogP contribution < -0.4 is 10.6 Å². The Balaban J connectivity index is 2.38. The number of rotatable bonds is 3. The normalized spacial score (nSPS) is 10.4. The zero-order chi connectivity index (χ0) is 14.0. The van der Waals surface area contributed by atoms with Crippen molar-refractivity contribution in [3.8, 4) is 0 Å². The lowest BCUT2D eigenvalue weighted by atomic mass is 10.3. The van der Waals surface area contributed by atoms with E-state index in [4.69, 9.17) is 11.6 Å². The van der Waals surface area contributed by atoms with E-state index in [1.165, 1.54) is 6.20 Å². The van der Waals surface area contributed by atoms with E-state index < -0.39 is 17.5 Å². The Morgan fingerprint density at radius 2 is 1.79 bits per heavy atom. The minimum atomic E-state index is -1.27. The Labute approximate surface area is 111 Å². The molecule has 19 heavy (non-hydrogen) atoms. The van der Waals surface area contributed by atoms with Crippen LogP contribution in [0.2, 0.25) is 5.02 Å². The average Bonchev–Trinajstić information content (AvgIpc) is 2.38. The Morgan fingerprint density at radius 3 is 2.47 bits per heavy atom. The number of anilines is 3. The average molecular weight is 289 g/mol. The van der Waals surface area contributed by atoms with Crippen LogP contribution in [0.15, 0.2) is 18.3 Å². The highest BCUT2D eigenvalue weighted by Crippen LogP contribution is 2.26. The Morgan fingerprint density at radius 1 is 1.11 bits per heavy atom. The van der Waals surface area contributed by atoms with Crippen molar-refractivity contribution in [2.24, 2.45) is 0 Å². The standard InChI is InChI=1S/C11H8ClF3N4/c1-16-11-17-4-5(12)10(19-11)18-9-3-7(14)6(13)2-8(9)15/h2-4H,1H3,(H2,16,17,18,19). The molecule has 0 aliphatic carbocycles. The van der Waals surface area contributed by atoms with Crippen molar-refractivity contribution in [3.05, 3.63) is 40.8 Å². The largest absolute Gasteiger partial charge is 0.357 e. The summed E-state index contributed by atoms with van der Waals surface area (Å²) in [4.78, 5) is 7.76. The van der Waals surface area contributed by atoms with Crippen LogP contribution in [0.4, 0.5) is 30.6 Å². The number of hydrogen-bond donors (Lipinski definition) is 2. The van der Waals surface area contributed by atoms with E-state index in [1.54, 1.807) is 7.05 Å². The first-order valence-electron chi connectivity index (χ1n) is 5.13. The molecule has 0 fully saturated rings. The summed E-state index contributed by atoms with van der Waals surface area (Å²) in [6.07, 6.45) is 1.29. The van der Waals surface area contributed by atoms with Gasteiger partial charge in [-0.15, -0.1) is 0 Å². The molecule has 1 heterocycles. The van der Waals surface area contributed by atoms with Gasteiger partial charge in [-0.05, 0) is 0 Å². The lowest BCUT2D eigenvalue weighted by Gasteiger charge is -2.09. The van der Waals surface area contributed by atoms with Gasteiger partial charge in [-0.1, -0.05) is 11.6 Å². The summed E-state index contributed by atoms with van der Waals surface area (Å²) in [5.41, 5.74) is -0.276. The van der Waals surface area contributed by atoms with Crippen LogP contribution in [0.25, 0.3) is 0 Å². The smallest absolute Gasteiger partial charge is 0.224 e. The van der Waals surface area contributed by atoms with Gasteiger partial charge in [0.25, 0.3) is 0 Å². The van der Waals surface area contributed by atoms with Gasteiger partial charge in [-0.25, -0.2) is 18.2 Å². The van der Waals surface area contributed by atoms with Crippen LogP contribution in [0.5, 0.6) is 0 Å². The van der Waals surface area contributed by atoms with E-state index in [9.17, 15) is 13.2 Å². The summed E-state index contributed by atoms with van der Waals surface area (Å²) >= 11 is 5.82. The molecular formula is C11H8ClF3N4. The van der Waals surface area contributed by atoms with Gasteiger partial charge >= 0.3 is 0 Å². The van der Waals surface area contributed by atoms with Crippen molar-refractivity contribution in [1.82, 2.24) is 9.97 Å². The molecule has 8 heteroatoms. The number of aromatic nitrogens is 2. The molecule has 0 unspecified atom stereocenters. The summed E-state index contributed by atoms with van der Waals surface area (Å²) < 4.78 is 39.3. The van der Waals surface area contributed by atoms with Crippen LogP contribution >= 0.6 is 11.6 Å². The molecule has 0 amide bonds. The maximum atomic E-state index is 13.5. The highest BCUT2D eigenvalue weighted by atomic mass is 35.5. The van der Waals surface area contributed by atoms with Gasteiger partial charge in [-0.2, -0.15) is 4.98 Å². The predicted molar refractivity (Wildman–Crippen MR) is 66.2 cm³/mol. The molecular weight excluding hydrogens is 281 g/mol. The molecule has 2 N–H and O–H groups in total. The highest BCUT2D eigenvalue weighted by Gasteiger charge is 2.12. The fraction of sp³-hybridized carbons (Fsp3) is 0.0909. The van der Waals surface area contributed by atoms with E-state index in [1.807, 2.05) is 0 Å². The minimum absolute atomic E-state index is 0.0749. The minimum Gasteiger partial charge on any atom is -0.357 e. The molecule has 100 valence electrons. The van der Waals surface area contributed by atoms with Gasteiger partial charge in [-0.3, -0.25) is 0 Å². The van der Waals surface area contributed by atoms with Crippen LogP contribution in [0.3, 0.4) is 0 Å². The zero-order valence-corrected chi connectivity index (χ0v) is 10.4.